The zero-order chi connectivity index (χ0) is 13.6. The number of sulfonamides is 1. The largest absolute Gasteiger partial charge is 0.380 e. The van der Waals surface area contributed by atoms with Gasteiger partial charge in [-0.25, -0.2) is 13.1 Å². The van der Waals surface area contributed by atoms with Crippen molar-refractivity contribution in [2.75, 3.05) is 13.7 Å². The van der Waals surface area contributed by atoms with Crippen molar-refractivity contribution in [1.29, 1.82) is 5.26 Å². The molecule has 0 aromatic heterocycles. The van der Waals surface area contributed by atoms with E-state index >= 15 is 0 Å². The van der Waals surface area contributed by atoms with E-state index in [1.165, 1.54) is 19.2 Å². The van der Waals surface area contributed by atoms with Crippen LogP contribution in [0.4, 0.5) is 0 Å². The summed E-state index contributed by atoms with van der Waals surface area (Å²) in [4.78, 5) is 0.187. The highest BCUT2D eigenvalue weighted by atomic mass is 32.2. The molecule has 0 saturated heterocycles. The van der Waals surface area contributed by atoms with E-state index in [0.717, 1.165) is 5.56 Å². The second kappa shape index (κ2) is 6.50. The number of hydrogen-bond donors (Lipinski definition) is 1. The molecule has 1 N–H and O–H groups in total. The van der Waals surface area contributed by atoms with Crippen LogP contribution >= 0.6 is 0 Å². The lowest BCUT2D eigenvalue weighted by Gasteiger charge is -2.11. The van der Waals surface area contributed by atoms with Crippen molar-refractivity contribution in [2.24, 2.45) is 0 Å². The third kappa shape index (κ3) is 4.11. The quantitative estimate of drug-likeness (QED) is 0.837. The smallest absolute Gasteiger partial charge is 0.240 e. The maximum absolute atomic E-state index is 11.9. The van der Waals surface area contributed by atoms with E-state index in [9.17, 15) is 8.42 Å². The van der Waals surface area contributed by atoms with E-state index in [2.05, 4.69) is 4.72 Å². The van der Waals surface area contributed by atoms with Gasteiger partial charge in [-0.15, -0.1) is 0 Å². The molecule has 1 atom stereocenters. The van der Waals surface area contributed by atoms with Gasteiger partial charge in [0.2, 0.25) is 10.0 Å². The highest BCUT2D eigenvalue weighted by Gasteiger charge is 2.14. The van der Waals surface area contributed by atoms with Gasteiger partial charge in [0.25, 0.3) is 0 Å². The molecular formula is C12H16N2O3S. The van der Waals surface area contributed by atoms with Crippen molar-refractivity contribution in [2.45, 2.75) is 24.3 Å². The molecule has 1 rings (SSSR count). The third-order valence-electron chi connectivity index (χ3n) is 2.48. The number of methoxy groups -OCH3 is 1. The number of rotatable bonds is 6. The molecule has 0 fully saturated rings. The van der Waals surface area contributed by atoms with Crippen molar-refractivity contribution in [3.63, 3.8) is 0 Å². The fourth-order valence-electron chi connectivity index (χ4n) is 1.27. The van der Waals surface area contributed by atoms with Gasteiger partial charge >= 0.3 is 0 Å². The van der Waals surface area contributed by atoms with Gasteiger partial charge in [0, 0.05) is 13.7 Å². The van der Waals surface area contributed by atoms with Crippen LogP contribution in [-0.4, -0.2) is 28.2 Å². The van der Waals surface area contributed by atoms with Crippen LogP contribution < -0.4 is 4.72 Å². The Bertz CT molecular complexity index is 517. The predicted molar refractivity (Wildman–Crippen MR) is 67.4 cm³/mol. The van der Waals surface area contributed by atoms with Crippen LogP contribution in [0.2, 0.25) is 0 Å². The molecule has 5 nitrogen and oxygen atoms in total. The average molecular weight is 268 g/mol. The van der Waals surface area contributed by atoms with Crippen LogP contribution in [0.1, 0.15) is 12.5 Å². The monoisotopic (exact) mass is 268 g/mol. The Balaban J connectivity index is 2.76. The van der Waals surface area contributed by atoms with E-state index < -0.39 is 10.0 Å². The first-order chi connectivity index (χ1) is 8.49. The summed E-state index contributed by atoms with van der Waals surface area (Å²) in [5.41, 5.74) is 0.793. The van der Waals surface area contributed by atoms with Gasteiger partial charge in [-0.05, 0) is 24.6 Å². The van der Waals surface area contributed by atoms with Crippen LogP contribution in [0.5, 0.6) is 0 Å². The molecule has 0 aliphatic heterocycles. The molecule has 6 heteroatoms. The molecule has 0 aliphatic rings. The van der Waals surface area contributed by atoms with Crippen LogP contribution in [-0.2, 0) is 21.2 Å². The molecule has 1 aromatic rings. The number of hydrogen-bond acceptors (Lipinski definition) is 4. The third-order valence-corrected chi connectivity index (χ3v) is 3.92. The Morgan fingerprint density at radius 2 is 2.00 bits per heavy atom. The fraction of sp³-hybridized carbons (Fsp3) is 0.417. The minimum absolute atomic E-state index is 0.183. The Labute approximate surface area is 107 Å². The van der Waals surface area contributed by atoms with Gasteiger partial charge < -0.3 is 4.74 Å². The zero-order valence-electron chi connectivity index (χ0n) is 10.4. The van der Waals surface area contributed by atoms with Gasteiger partial charge in [0.05, 0.1) is 23.5 Å². The van der Waals surface area contributed by atoms with E-state index in [1.54, 1.807) is 19.1 Å². The second-order valence-electron chi connectivity index (χ2n) is 3.88. The lowest BCUT2D eigenvalue weighted by Crippen LogP contribution is -2.31. The summed E-state index contributed by atoms with van der Waals surface area (Å²) < 4.78 is 31.2. The van der Waals surface area contributed by atoms with Crippen molar-refractivity contribution in [1.82, 2.24) is 4.72 Å². The van der Waals surface area contributed by atoms with Crippen molar-refractivity contribution in [3.8, 4) is 6.07 Å². The normalized spacial score (nSPS) is 12.9. The van der Waals surface area contributed by atoms with Crippen LogP contribution in [0, 0.1) is 11.3 Å². The van der Waals surface area contributed by atoms with Gasteiger partial charge in [-0.2, -0.15) is 5.26 Å². The SMILES string of the molecule is COC(C)CNS(=O)(=O)c1ccc(CC#N)cc1. The Morgan fingerprint density at radius 3 is 2.50 bits per heavy atom. The number of nitriles is 1. The molecule has 1 aromatic carbocycles. The molecule has 18 heavy (non-hydrogen) atoms. The first-order valence-electron chi connectivity index (χ1n) is 5.48. The Kier molecular flexibility index (Phi) is 5.28. The molecule has 0 bridgehead atoms. The highest BCUT2D eigenvalue weighted by Crippen LogP contribution is 2.10. The van der Waals surface area contributed by atoms with Gasteiger partial charge in [-0.1, -0.05) is 12.1 Å². The summed E-state index contributed by atoms with van der Waals surface area (Å²) >= 11 is 0. The molecule has 0 aliphatic carbocycles. The standard InChI is InChI=1S/C12H16N2O3S/c1-10(17-2)9-14-18(15,16)12-5-3-11(4-6-12)7-8-13/h3-6,10,14H,7,9H2,1-2H3. The zero-order valence-corrected chi connectivity index (χ0v) is 11.2. The summed E-state index contributed by atoms with van der Waals surface area (Å²) in [6.07, 6.45) is 0.0895. The summed E-state index contributed by atoms with van der Waals surface area (Å²) in [5.74, 6) is 0. The minimum Gasteiger partial charge on any atom is -0.380 e. The van der Waals surface area contributed by atoms with E-state index in [1.807, 2.05) is 6.07 Å². The van der Waals surface area contributed by atoms with Crippen molar-refractivity contribution < 1.29 is 13.2 Å². The number of benzene rings is 1. The van der Waals surface area contributed by atoms with Gasteiger partial charge in [-0.3, -0.25) is 0 Å². The van der Waals surface area contributed by atoms with E-state index in [0.29, 0.717) is 0 Å². The fourth-order valence-corrected chi connectivity index (χ4v) is 2.39. The van der Waals surface area contributed by atoms with Crippen LogP contribution in [0.3, 0.4) is 0 Å². The number of nitrogens with one attached hydrogen (secondary N) is 1. The maximum Gasteiger partial charge on any atom is 0.240 e. The van der Waals surface area contributed by atoms with E-state index in [4.69, 9.17) is 10.00 Å². The summed E-state index contributed by atoms with van der Waals surface area (Å²) in [5, 5.41) is 8.53. The van der Waals surface area contributed by atoms with Crippen LogP contribution in [0.15, 0.2) is 29.2 Å². The summed E-state index contributed by atoms with van der Waals surface area (Å²) in [6.45, 7) is 2.00. The van der Waals surface area contributed by atoms with Crippen molar-refractivity contribution >= 4 is 10.0 Å². The van der Waals surface area contributed by atoms with Gasteiger partial charge in [0.1, 0.15) is 0 Å². The molecular weight excluding hydrogens is 252 g/mol. The summed E-state index contributed by atoms with van der Waals surface area (Å²) in [7, 11) is -1.99. The molecule has 0 amide bonds. The molecule has 0 heterocycles. The lowest BCUT2D eigenvalue weighted by atomic mass is 10.2. The topological polar surface area (TPSA) is 79.2 Å². The summed E-state index contributed by atoms with van der Waals surface area (Å²) in [6, 6.07) is 8.27. The van der Waals surface area contributed by atoms with E-state index in [-0.39, 0.29) is 24.0 Å². The molecule has 0 saturated carbocycles. The Hall–Kier alpha value is -1.42. The highest BCUT2D eigenvalue weighted by molar-refractivity contribution is 7.89. The molecule has 0 radical (unpaired) electrons. The predicted octanol–water partition coefficient (Wildman–Crippen LogP) is 1.07. The lowest BCUT2D eigenvalue weighted by molar-refractivity contribution is 0.122. The average Bonchev–Trinajstić information content (AvgIpc) is 2.37. The first-order valence-corrected chi connectivity index (χ1v) is 6.96. The number of nitrogens with zero attached hydrogens (tertiary/aromatic N) is 1. The second-order valence-corrected chi connectivity index (χ2v) is 5.64. The Morgan fingerprint density at radius 1 is 1.39 bits per heavy atom. The minimum atomic E-state index is -3.51. The van der Waals surface area contributed by atoms with Gasteiger partial charge in [0.15, 0.2) is 0 Å². The molecule has 98 valence electrons. The maximum atomic E-state index is 11.9. The van der Waals surface area contributed by atoms with Crippen molar-refractivity contribution in [3.05, 3.63) is 29.8 Å². The first kappa shape index (κ1) is 14.6. The molecule has 0 spiro atoms. The van der Waals surface area contributed by atoms with Crippen LogP contribution in [0.25, 0.3) is 0 Å². The molecule has 1 unspecified atom stereocenters. The number of ether oxygens (including phenoxy) is 1.